The van der Waals surface area contributed by atoms with Crippen molar-refractivity contribution in [3.05, 3.63) is 28.4 Å². The zero-order valence-electron chi connectivity index (χ0n) is 6.67. The average molecular weight is 226 g/mol. The van der Waals surface area contributed by atoms with Crippen LogP contribution in [0.15, 0.2) is 27.3 Å². The van der Waals surface area contributed by atoms with Gasteiger partial charge in [-0.1, -0.05) is 18.1 Å². The van der Waals surface area contributed by atoms with Crippen molar-refractivity contribution in [3.8, 4) is 0 Å². The Bertz CT molecular complexity index is 408. The van der Waals surface area contributed by atoms with Gasteiger partial charge in [0, 0.05) is 5.39 Å². The van der Waals surface area contributed by atoms with E-state index in [1.165, 1.54) is 5.56 Å². The molecule has 1 heterocycles. The Morgan fingerprint density at radius 1 is 1.50 bits per heavy atom. The molecule has 3 heteroatoms. The van der Waals surface area contributed by atoms with E-state index in [1.807, 2.05) is 6.07 Å². The molecule has 0 radical (unpaired) electrons. The maximum atomic E-state index is 5.09. The Balaban J connectivity index is 2.78. The molecular weight excluding hydrogens is 218 g/mol. The number of benzene rings is 1. The van der Waals surface area contributed by atoms with Crippen molar-refractivity contribution in [3.63, 3.8) is 0 Å². The minimum Gasteiger partial charge on any atom is -0.355 e. The molecule has 1 aromatic heterocycles. The van der Waals surface area contributed by atoms with Crippen LogP contribution < -0.4 is 0 Å². The number of hydrogen-bond donors (Lipinski definition) is 0. The van der Waals surface area contributed by atoms with E-state index in [4.69, 9.17) is 4.52 Å². The molecule has 0 N–H and O–H groups in total. The summed E-state index contributed by atoms with van der Waals surface area (Å²) in [6, 6.07) is 4.11. The van der Waals surface area contributed by atoms with Gasteiger partial charge in [-0.05, 0) is 34.0 Å². The summed E-state index contributed by atoms with van der Waals surface area (Å²) in [4.78, 5) is 0. The Morgan fingerprint density at radius 3 is 3.08 bits per heavy atom. The normalized spacial score (nSPS) is 10.8. The topological polar surface area (TPSA) is 26.0 Å². The molecule has 0 unspecified atom stereocenters. The molecule has 0 saturated carbocycles. The van der Waals surface area contributed by atoms with Crippen LogP contribution in [-0.2, 0) is 6.42 Å². The number of halogens is 1. The first kappa shape index (κ1) is 7.80. The maximum Gasteiger partial charge on any atom is 0.181 e. The molecule has 2 rings (SSSR count). The molecule has 0 aliphatic rings. The fourth-order valence-electron chi connectivity index (χ4n) is 1.22. The number of aryl methyl sites for hydroxylation is 1. The van der Waals surface area contributed by atoms with Crippen LogP contribution >= 0.6 is 15.9 Å². The molecule has 2 aromatic rings. The van der Waals surface area contributed by atoms with Crippen molar-refractivity contribution in [1.29, 1.82) is 0 Å². The SMILES string of the molecule is CCc1ccc2cnoc2c1Br. The van der Waals surface area contributed by atoms with E-state index in [0.717, 1.165) is 21.9 Å². The van der Waals surface area contributed by atoms with Crippen LogP contribution in [0.25, 0.3) is 11.0 Å². The van der Waals surface area contributed by atoms with Crippen molar-refractivity contribution < 1.29 is 4.52 Å². The summed E-state index contributed by atoms with van der Waals surface area (Å²) in [6.45, 7) is 2.11. The lowest BCUT2D eigenvalue weighted by Crippen LogP contribution is -1.81. The lowest BCUT2D eigenvalue weighted by Gasteiger charge is -1.98. The van der Waals surface area contributed by atoms with Gasteiger partial charge in [0.2, 0.25) is 0 Å². The number of fused-ring (bicyclic) bond motifs is 1. The predicted molar refractivity (Wildman–Crippen MR) is 51.1 cm³/mol. The summed E-state index contributed by atoms with van der Waals surface area (Å²) >= 11 is 3.49. The van der Waals surface area contributed by atoms with Gasteiger partial charge in [-0.2, -0.15) is 0 Å². The van der Waals surface area contributed by atoms with Crippen LogP contribution in [0.2, 0.25) is 0 Å². The summed E-state index contributed by atoms with van der Waals surface area (Å²) in [5, 5.41) is 4.77. The van der Waals surface area contributed by atoms with Gasteiger partial charge in [0.05, 0.1) is 10.7 Å². The van der Waals surface area contributed by atoms with Crippen molar-refractivity contribution >= 4 is 26.9 Å². The highest BCUT2D eigenvalue weighted by molar-refractivity contribution is 9.10. The molecule has 1 aromatic carbocycles. The van der Waals surface area contributed by atoms with E-state index in [0.29, 0.717) is 0 Å². The molecule has 2 nitrogen and oxygen atoms in total. The molecule has 62 valence electrons. The highest BCUT2D eigenvalue weighted by Gasteiger charge is 2.06. The largest absolute Gasteiger partial charge is 0.355 e. The molecule has 0 bridgehead atoms. The molecule has 0 spiro atoms. The fraction of sp³-hybridized carbons (Fsp3) is 0.222. The Kier molecular flexibility index (Phi) is 1.89. The monoisotopic (exact) mass is 225 g/mol. The van der Waals surface area contributed by atoms with E-state index < -0.39 is 0 Å². The predicted octanol–water partition coefficient (Wildman–Crippen LogP) is 3.15. The van der Waals surface area contributed by atoms with Crippen LogP contribution in [0, 0.1) is 0 Å². The third-order valence-corrected chi connectivity index (χ3v) is 2.79. The molecule has 0 saturated heterocycles. The lowest BCUT2D eigenvalue weighted by atomic mass is 10.1. The van der Waals surface area contributed by atoms with E-state index in [2.05, 4.69) is 34.1 Å². The Hall–Kier alpha value is -0.830. The summed E-state index contributed by atoms with van der Waals surface area (Å²) in [6.07, 6.45) is 2.72. The van der Waals surface area contributed by atoms with E-state index in [9.17, 15) is 0 Å². The van der Waals surface area contributed by atoms with E-state index >= 15 is 0 Å². The quantitative estimate of drug-likeness (QED) is 0.746. The first-order valence-corrected chi connectivity index (χ1v) is 4.64. The molecule has 0 aliphatic heterocycles. The molecule has 0 fully saturated rings. The second kappa shape index (κ2) is 2.90. The first-order chi connectivity index (χ1) is 5.83. The summed E-state index contributed by atoms with van der Waals surface area (Å²) in [5.41, 5.74) is 2.09. The van der Waals surface area contributed by atoms with Gasteiger partial charge in [-0.25, -0.2) is 0 Å². The van der Waals surface area contributed by atoms with Gasteiger partial charge in [0.25, 0.3) is 0 Å². The highest BCUT2D eigenvalue weighted by Crippen LogP contribution is 2.27. The van der Waals surface area contributed by atoms with Crippen molar-refractivity contribution in [2.24, 2.45) is 0 Å². The average Bonchev–Trinajstić information content (AvgIpc) is 2.53. The molecule has 12 heavy (non-hydrogen) atoms. The van der Waals surface area contributed by atoms with Crippen LogP contribution in [0.5, 0.6) is 0 Å². The minimum atomic E-state index is 0.842. The van der Waals surface area contributed by atoms with Crippen molar-refractivity contribution in [2.45, 2.75) is 13.3 Å². The third kappa shape index (κ3) is 1.05. The van der Waals surface area contributed by atoms with Gasteiger partial charge in [0.1, 0.15) is 0 Å². The molecule has 0 atom stereocenters. The van der Waals surface area contributed by atoms with Gasteiger partial charge in [-0.15, -0.1) is 0 Å². The minimum absolute atomic E-state index is 0.842. The fourth-order valence-corrected chi connectivity index (χ4v) is 1.93. The Morgan fingerprint density at radius 2 is 2.33 bits per heavy atom. The van der Waals surface area contributed by atoms with Crippen LogP contribution in [0.4, 0.5) is 0 Å². The van der Waals surface area contributed by atoms with Crippen LogP contribution in [0.3, 0.4) is 0 Å². The number of rotatable bonds is 1. The third-order valence-electron chi connectivity index (χ3n) is 1.92. The smallest absolute Gasteiger partial charge is 0.181 e. The van der Waals surface area contributed by atoms with Crippen LogP contribution in [0.1, 0.15) is 12.5 Å². The highest BCUT2D eigenvalue weighted by atomic mass is 79.9. The lowest BCUT2D eigenvalue weighted by molar-refractivity contribution is 0.455. The Labute approximate surface area is 78.7 Å². The molecule has 0 aliphatic carbocycles. The summed E-state index contributed by atoms with van der Waals surface area (Å²) in [7, 11) is 0. The second-order valence-corrected chi connectivity index (χ2v) is 3.43. The zero-order valence-corrected chi connectivity index (χ0v) is 8.26. The second-order valence-electron chi connectivity index (χ2n) is 2.64. The van der Waals surface area contributed by atoms with Crippen LogP contribution in [-0.4, -0.2) is 5.16 Å². The number of aromatic nitrogens is 1. The summed E-state index contributed by atoms with van der Waals surface area (Å²) < 4.78 is 6.12. The van der Waals surface area contributed by atoms with Gasteiger partial charge < -0.3 is 4.52 Å². The maximum absolute atomic E-state index is 5.09. The van der Waals surface area contributed by atoms with Crippen molar-refractivity contribution in [2.75, 3.05) is 0 Å². The number of nitrogens with zero attached hydrogens (tertiary/aromatic N) is 1. The number of hydrogen-bond acceptors (Lipinski definition) is 2. The van der Waals surface area contributed by atoms with Gasteiger partial charge in [-0.3, -0.25) is 0 Å². The van der Waals surface area contributed by atoms with Crippen molar-refractivity contribution in [1.82, 2.24) is 5.16 Å². The van der Waals surface area contributed by atoms with Gasteiger partial charge in [0.15, 0.2) is 5.58 Å². The summed E-state index contributed by atoms with van der Waals surface area (Å²) in [5.74, 6) is 0. The molecule has 0 amide bonds. The zero-order chi connectivity index (χ0) is 8.55. The van der Waals surface area contributed by atoms with Gasteiger partial charge >= 0.3 is 0 Å². The van der Waals surface area contributed by atoms with E-state index in [-0.39, 0.29) is 0 Å². The molecular formula is C9H8BrNO. The van der Waals surface area contributed by atoms with E-state index in [1.54, 1.807) is 6.20 Å². The standard InChI is InChI=1S/C9H8BrNO/c1-2-6-3-4-7-5-11-12-9(7)8(6)10/h3-5H,2H2,1H3. The first-order valence-electron chi connectivity index (χ1n) is 3.84.